The average molecular weight is 343 g/mol. The van der Waals surface area contributed by atoms with Crippen molar-refractivity contribution >= 4 is 40.3 Å². The van der Waals surface area contributed by atoms with Gasteiger partial charge in [-0.2, -0.15) is 5.10 Å². The van der Waals surface area contributed by atoms with Crippen LogP contribution in [0.15, 0.2) is 67.0 Å². The standard InChI is InChI=1S/C17H15ClN4S/c18-15-7-1-2-8-16(15)21-17(23)20-14-6-3-5-13(11-14)12-22-10-4-9-19-22/h1-11H,12H2,(H2,20,21,23). The lowest BCUT2D eigenvalue weighted by Gasteiger charge is -2.12. The van der Waals surface area contributed by atoms with E-state index in [1.165, 1.54) is 0 Å². The van der Waals surface area contributed by atoms with E-state index in [1.54, 1.807) is 6.20 Å². The van der Waals surface area contributed by atoms with Crippen molar-refractivity contribution in [1.29, 1.82) is 0 Å². The molecule has 0 fully saturated rings. The Morgan fingerprint density at radius 3 is 2.74 bits per heavy atom. The highest BCUT2D eigenvalue weighted by molar-refractivity contribution is 7.80. The summed E-state index contributed by atoms with van der Waals surface area (Å²) in [5.41, 5.74) is 2.83. The van der Waals surface area contributed by atoms with Gasteiger partial charge in [0.1, 0.15) is 0 Å². The van der Waals surface area contributed by atoms with E-state index in [2.05, 4.69) is 21.8 Å². The fourth-order valence-corrected chi connectivity index (χ4v) is 2.59. The van der Waals surface area contributed by atoms with Gasteiger partial charge in [-0.3, -0.25) is 4.68 Å². The van der Waals surface area contributed by atoms with Gasteiger partial charge in [-0.1, -0.05) is 35.9 Å². The van der Waals surface area contributed by atoms with Crippen LogP contribution < -0.4 is 10.6 Å². The van der Waals surface area contributed by atoms with E-state index >= 15 is 0 Å². The number of hydrogen-bond acceptors (Lipinski definition) is 2. The van der Waals surface area contributed by atoms with E-state index in [0.29, 0.717) is 16.7 Å². The molecule has 1 aromatic heterocycles. The molecule has 0 radical (unpaired) electrons. The molecule has 3 rings (SSSR count). The average Bonchev–Trinajstić information content (AvgIpc) is 3.03. The van der Waals surface area contributed by atoms with Crippen LogP contribution in [0.5, 0.6) is 0 Å². The molecule has 0 aliphatic carbocycles. The van der Waals surface area contributed by atoms with E-state index in [9.17, 15) is 0 Å². The van der Waals surface area contributed by atoms with Crippen molar-refractivity contribution in [3.63, 3.8) is 0 Å². The van der Waals surface area contributed by atoms with Crippen LogP contribution in [0, 0.1) is 0 Å². The second-order valence-electron chi connectivity index (χ2n) is 4.96. The van der Waals surface area contributed by atoms with E-state index in [4.69, 9.17) is 23.8 Å². The lowest BCUT2D eigenvalue weighted by atomic mass is 10.2. The molecule has 3 aromatic rings. The number of aromatic nitrogens is 2. The Morgan fingerprint density at radius 2 is 1.96 bits per heavy atom. The predicted octanol–water partition coefficient (Wildman–Crippen LogP) is 4.39. The maximum Gasteiger partial charge on any atom is 0.175 e. The molecule has 0 amide bonds. The summed E-state index contributed by atoms with van der Waals surface area (Å²) in [5.74, 6) is 0. The first-order chi connectivity index (χ1) is 11.2. The summed E-state index contributed by atoms with van der Waals surface area (Å²) >= 11 is 11.5. The molecule has 1 heterocycles. The van der Waals surface area contributed by atoms with Gasteiger partial charge in [-0.05, 0) is 48.1 Å². The molecule has 0 saturated carbocycles. The topological polar surface area (TPSA) is 41.9 Å². The Kier molecular flexibility index (Phi) is 4.90. The molecule has 116 valence electrons. The highest BCUT2D eigenvalue weighted by Crippen LogP contribution is 2.21. The lowest BCUT2D eigenvalue weighted by molar-refractivity contribution is 0.687. The zero-order chi connectivity index (χ0) is 16.1. The van der Waals surface area contributed by atoms with E-state index in [0.717, 1.165) is 16.9 Å². The third kappa shape index (κ3) is 4.31. The molecular weight excluding hydrogens is 328 g/mol. The van der Waals surface area contributed by atoms with Gasteiger partial charge in [-0.25, -0.2) is 0 Å². The van der Waals surface area contributed by atoms with Crippen molar-refractivity contribution in [2.75, 3.05) is 10.6 Å². The molecule has 2 N–H and O–H groups in total. The van der Waals surface area contributed by atoms with Crippen molar-refractivity contribution in [1.82, 2.24) is 9.78 Å². The van der Waals surface area contributed by atoms with Crippen LogP contribution in [0.2, 0.25) is 5.02 Å². The number of thiocarbonyl (C=S) groups is 1. The van der Waals surface area contributed by atoms with Crippen LogP contribution in [0.1, 0.15) is 5.56 Å². The molecule has 0 aliphatic rings. The molecule has 0 bridgehead atoms. The van der Waals surface area contributed by atoms with Crippen LogP contribution >= 0.6 is 23.8 Å². The fraction of sp³-hybridized carbons (Fsp3) is 0.0588. The predicted molar refractivity (Wildman–Crippen MR) is 99.1 cm³/mol. The van der Waals surface area contributed by atoms with E-state index in [-0.39, 0.29) is 0 Å². The first kappa shape index (κ1) is 15.5. The molecule has 4 nitrogen and oxygen atoms in total. The van der Waals surface area contributed by atoms with Gasteiger partial charge in [0.25, 0.3) is 0 Å². The van der Waals surface area contributed by atoms with Crippen LogP contribution in [-0.2, 0) is 6.54 Å². The lowest BCUT2D eigenvalue weighted by Crippen LogP contribution is -2.19. The number of hydrogen-bond donors (Lipinski definition) is 2. The van der Waals surface area contributed by atoms with Gasteiger partial charge in [0, 0.05) is 18.1 Å². The van der Waals surface area contributed by atoms with Gasteiger partial charge >= 0.3 is 0 Å². The van der Waals surface area contributed by atoms with Crippen LogP contribution in [0.4, 0.5) is 11.4 Å². The zero-order valence-corrected chi connectivity index (χ0v) is 13.8. The molecule has 6 heteroatoms. The number of para-hydroxylation sites is 1. The van der Waals surface area contributed by atoms with Gasteiger partial charge in [-0.15, -0.1) is 0 Å². The molecule has 0 saturated heterocycles. The Hall–Kier alpha value is -2.37. The smallest absolute Gasteiger partial charge is 0.175 e. The van der Waals surface area contributed by atoms with Gasteiger partial charge < -0.3 is 10.6 Å². The van der Waals surface area contributed by atoms with Crippen LogP contribution in [-0.4, -0.2) is 14.9 Å². The molecule has 23 heavy (non-hydrogen) atoms. The maximum absolute atomic E-state index is 6.12. The maximum atomic E-state index is 6.12. The molecule has 0 unspecified atom stereocenters. The van der Waals surface area contributed by atoms with Gasteiger partial charge in [0.15, 0.2) is 5.11 Å². The number of anilines is 2. The Morgan fingerprint density at radius 1 is 1.09 bits per heavy atom. The van der Waals surface area contributed by atoms with Crippen LogP contribution in [0.3, 0.4) is 0 Å². The summed E-state index contributed by atoms with van der Waals surface area (Å²) in [6, 6.07) is 17.4. The Balaban J connectivity index is 1.65. The number of rotatable bonds is 4. The van der Waals surface area contributed by atoms with Crippen LogP contribution in [0.25, 0.3) is 0 Å². The summed E-state index contributed by atoms with van der Waals surface area (Å²) in [4.78, 5) is 0. The normalized spacial score (nSPS) is 10.3. The number of benzene rings is 2. The minimum atomic E-state index is 0.495. The van der Waals surface area contributed by atoms with Crippen molar-refractivity contribution in [2.45, 2.75) is 6.54 Å². The van der Waals surface area contributed by atoms with Crippen molar-refractivity contribution in [2.24, 2.45) is 0 Å². The molecule has 2 aromatic carbocycles. The summed E-state index contributed by atoms with van der Waals surface area (Å²) in [6.45, 7) is 0.715. The van der Waals surface area contributed by atoms with E-state index < -0.39 is 0 Å². The largest absolute Gasteiger partial charge is 0.332 e. The minimum absolute atomic E-state index is 0.495. The second-order valence-corrected chi connectivity index (χ2v) is 5.78. The summed E-state index contributed by atoms with van der Waals surface area (Å²) < 4.78 is 1.87. The first-order valence-corrected chi connectivity index (χ1v) is 7.88. The number of nitrogens with zero attached hydrogens (tertiary/aromatic N) is 2. The summed E-state index contributed by atoms with van der Waals surface area (Å²) in [6.07, 6.45) is 3.70. The zero-order valence-electron chi connectivity index (χ0n) is 12.2. The van der Waals surface area contributed by atoms with Crippen molar-refractivity contribution < 1.29 is 0 Å². The molecular formula is C17H15ClN4S. The number of halogens is 1. The Bertz CT molecular complexity index is 802. The summed E-state index contributed by atoms with van der Waals surface area (Å²) in [5, 5.41) is 11.6. The van der Waals surface area contributed by atoms with Crippen molar-refractivity contribution in [3.8, 4) is 0 Å². The SMILES string of the molecule is S=C(Nc1cccc(Cn2cccn2)c1)Nc1ccccc1Cl. The quantitative estimate of drug-likeness (QED) is 0.690. The fourth-order valence-electron chi connectivity index (χ4n) is 2.18. The third-order valence-corrected chi connectivity index (χ3v) is 3.74. The van der Waals surface area contributed by atoms with Gasteiger partial charge in [0.2, 0.25) is 0 Å². The monoisotopic (exact) mass is 342 g/mol. The first-order valence-electron chi connectivity index (χ1n) is 7.09. The molecule has 0 spiro atoms. The third-order valence-electron chi connectivity index (χ3n) is 3.21. The molecule has 0 aliphatic heterocycles. The second kappa shape index (κ2) is 7.26. The highest BCUT2D eigenvalue weighted by atomic mass is 35.5. The van der Waals surface area contributed by atoms with Gasteiger partial charge in [0.05, 0.1) is 17.3 Å². The minimum Gasteiger partial charge on any atom is -0.332 e. The van der Waals surface area contributed by atoms with Crippen molar-refractivity contribution in [3.05, 3.63) is 77.6 Å². The van der Waals surface area contributed by atoms with E-state index in [1.807, 2.05) is 59.4 Å². The summed E-state index contributed by atoms with van der Waals surface area (Å²) in [7, 11) is 0. The molecule has 0 atom stereocenters. The number of nitrogens with one attached hydrogen (secondary N) is 2. The Labute approximate surface area is 145 Å². The highest BCUT2D eigenvalue weighted by Gasteiger charge is 2.03.